The molecule has 28 heavy (non-hydrogen) atoms. The van der Waals surface area contributed by atoms with E-state index in [-0.39, 0.29) is 11.8 Å². The zero-order chi connectivity index (χ0) is 20.9. The van der Waals surface area contributed by atoms with Gasteiger partial charge in [0.15, 0.2) is 0 Å². The minimum Gasteiger partial charge on any atom is -0.385 e. The first-order valence-corrected chi connectivity index (χ1v) is 10.6. The summed E-state index contributed by atoms with van der Waals surface area (Å²) < 4.78 is 0. The first-order valence-electron chi connectivity index (χ1n) is 10.2. The van der Waals surface area contributed by atoms with Crippen molar-refractivity contribution in [3.05, 3.63) is 34.9 Å². The number of likely N-dealkylation sites (tertiary alicyclic amines) is 1. The van der Waals surface area contributed by atoms with Crippen molar-refractivity contribution in [1.29, 1.82) is 0 Å². The average molecular weight is 409 g/mol. The topological polar surface area (TPSA) is 83.6 Å². The molecule has 1 heterocycles. The van der Waals surface area contributed by atoms with E-state index in [1.54, 1.807) is 17.0 Å². The fourth-order valence-corrected chi connectivity index (χ4v) is 4.30. The van der Waals surface area contributed by atoms with Gasteiger partial charge in [-0.2, -0.15) is 0 Å². The van der Waals surface area contributed by atoms with Gasteiger partial charge in [-0.1, -0.05) is 50.9 Å². The molecule has 1 aromatic rings. The van der Waals surface area contributed by atoms with Crippen LogP contribution in [-0.2, 0) is 15.2 Å². The Kier molecular flexibility index (Phi) is 7.90. The number of amides is 2. The van der Waals surface area contributed by atoms with E-state index in [2.05, 4.69) is 13.8 Å². The Morgan fingerprint density at radius 2 is 1.75 bits per heavy atom. The fraction of sp³-hybridized carbons (Fsp3) is 0.636. The molecule has 0 spiro atoms. The van der Waals surface area contributed by atoms with Gasteiger partial charge in [-0.3, -0.25) is 9.59 Å². The summed E-state index contributed by atoms with van der Waals surface area (Å²) in [7, 11) is 0. The quantitative estimate of drug-likeness (QED) is 0.687. The summed E-state index contributed by atoms with van der Waals surface area (Å²) in [5, 5.41) is 11.7. The van der Waals surface area contributed by atoms with Gasteiger partial charge in [0.05, 0.1) is 5.60 Å². The highest BCUT2D eigenvalue weighted by Gasteiger charge is 2.40. The van der Waals surface area contributed by atoms with E-state index in [9.17, 15) is 14.7 Å². The maximum absolute atomic E-state index is 13.3. The first kappa shape index (κ1) is 22.7. The number of piperidine rings is 1. The summed E-state index contributed by atoms with van der Waals surface area (Å²) in [5.74, 6) is -0.931. The Bertz CT molecular complexity index is 667. The van der Waals surface area contributed by atoms with Gasteiger partial charge in [-0.25, -0.2) is 0 Å². The van der Waals surface area contributed by atoms with Gasteiger partial charge in [-0.15, -0.1) is 0 Å². The molecule has 0 saturated carbocycles. The van der Waals surface area contributed by atoms with Gasteiger partial charge < -0.3 is 15.7 Å². The van der Waals surface area contributed by atoms with Gasteiger partial charge in [0.1, 0.15) is 0 Å². The molecule has 1 aliphatic rings. The number of benzene rings is 1. The summed E-state index contributed by atoms with van der Waals surface area (Å²) in [4.78, 5) is 27.1. The van der Waals surface area contributed by atoms with E-state index in [4.69, 9.17) is 17.3 Å². The van der Waals surface area contributed by atoms with Crippen LogP contribution in [-0.4, -0.2) is 34.9 Å². The second-order valence-corrected chi connectivity index (χ2v) is 8.83. The minimum absolute atomic E-state index is 0.0101. The molecule has 1 fully saturated rings. The van der Waals surface area contributed by atoms with Crippen LogP contribution in [0.4, 0.5) is 0 Å². The number of nitrogens with zero attached hydrogens (tertiary/aromatic N) is 1. The summed E-state index contributed by atoms with van der Waals surface area (Å²) in [5.41, 5.74) is 5.50. The minimum atomic E-state index is -0.957. The predicted molar refractivity (Wildman–Crippen MR) is 112 cm³/mol. The highest BCUT2D eigenvalue weighted by atomic mass is 35.5. The largest absolute Gasteiger partial charge is 0.385 e. The highest BCUT2D eigenvalue weighted by Crippen LogP contribution is 2.35. The molecule has 1 aliphatic heterocycles. The molecule has 0 unspecified atom stereocenters. The normalized spacial score (nSPS) is 18.7. The van der Waals surface area contributed by atoms with Crippen molar-refractivity contribution in [2.24, 2.45) is 23.5 Å². The number of hydrogen-bond acceptors (Lipinski definition) is 3. The molecule has 6 heteroatoms. The number of carbonyl (C=O) groups excluding carboxylic acids is 2. The second kappa shape index (κ2) is 9.75. The number of halogens is 1. The SMILES string of the molecule is CCC[C@H](C(N)=O)[C@@H](CC(C)C)C(=O)N1CCC(O)(c2ccc(Cl)cc2)CC1. The lowest BCUT2D eigenvalue weighted by Gasteiger charge is -2.40. The van der Waals surface area contributed by atoms with Crippen LogP contribution < -0.4 is 5.73 Å². The summed E-state index contributed by atoms with van der Waals surface area (Å²) in [6.07, 6.45) is 3.00. The molecular formula is C22H33ClN2O3. The standard InChI is InChI=1S/C22H33ClN2O3/c1-4-5-18(20(24)26)19(14-15(2)3)21(27)25-12-10-22(28,11-13-25)16-6-8-17(23)9-7-16/h6-9,15,18-19,28H,4-5,10-14H2,1-3H3,(H2,24,26)/t18-,19+/m0/s1. The van der Waals surface area contributed by atoms with Crippen LogP contribution in [0.25, 0.3) is 0 Å². The molecule has 0 bridgehead atoms. The van der Waals surface area contributed by atoms with Crippen LogP contribution in [0.1, 0.15) is 58.4 Å². The number of primary amides is 1. The third-order valence-corrected chi connectivity index (χ3v) is 6.03. The van der Waals surface area contributed by atoms with Crippen LogP contribution in [0.15, 0.2) is 24.3 Å². The second-order valence-electron chi connectivity index (χ2n) is 8.40. The van der Waals surface area contributed by atoms with Gasteiger partial charge in [-0.05, 0) is 49.3 Å². The van der Waals surface area contributed by atoms with Gasteiger partial charge in [0.25, 0.3) is 0 Å². The van der Waals surface area contributed by atoms with E-state index in [0.717, 1.165) is 12.0 Å². The monoisotopic (exact) mass is 408 g/mol. The maximum Gasteiger partial charge on any atom is 0.226 e. The van der Waals surface area contributed by atoms with Crippen molar-refractivity contribution >= 4 is 23.4 Å². The third kappa shape index (κ3) is 5.48. The Morgan fingerprint density at radius 1 is 1.18 bits per heavy atom. The molecule has 0 aliphatic carbocycles. The van der Waals surface area contributed by atoms with Crippen molar-refractivity contribution < 1.29 is 14.7 Å². The van der Waals surface area contributed by atoms with Crippen molar-refractivity contribution in [2.75, 3.05) is 13.1 Å². The summed E-state index contributed by atoms with van der Waals surface area (Å²) >= 11 is 5.95. The molecule has 1 saturated heterocycles. The third-order valence-electron chi connectivity index (χ3n) is 5.78. The number of nitrogens with two attached hydrogens (primary N) is 1. The zero-order valence-electron chi connectivity index (χ0n) is 17.2. The number of carbonyl (C=O) groups is 2. The van der Waals surface area contributed by atoms with Gasteiger partial charge >= 0.3 is 0 Å². The molecule has 156 valence electrons. The van der Waals surface area contributed by atoms with Crippen LogP contribution in [0.3, 0.4) is 0 Å². The van der Waals surface area contributed by atoms with Crippen molar-refractivity contribution in [3.8, 4) is 0 Å². The Hall–Kier alpha value is -1.59. The van der Waals surface area contributed by atoms with Crippen LogP contribution in [0.2, 0.25) is 5.02 Å². The molecule has 3 N–H and O–H groups in total. The van der Waals surface area contributed by atoms with E-state index in [1.165, 1.54) is 0 Å². The predicted octanol–water partition coefficient (Wildman–Crippen LogP) is 3.71. The summed E-state index contributed by atoms with van der Waals surface area (Å²) in [6, 6.07) is 7.22. The fourth-order valence-electron chi connectivity index (χ4n) is 4.18. The number of aliphatic hydroxyl groups is 1. The average Bonchev–Trinajstić information content (AvgIpc) is 2.64. The van der Waals surface area contributed by atoms with Crippen LogP contribution in [0.5, 0.6) is 0 Å². The summed E-state index contributed by atoms with van der Waals surface area (Å²) in [6.45, 7) is 7.04. The molecular weight excluding hydrogens is 376 g/mol. The Labute approximate surface area is 173 Å². The van der Waals surface area contributed by atoms with E-state index < -0.39 is 17.4 Å². The number of hydrogen-bond donors (Lipinski definition) is 2. The number of rotatable bonds is 8. The van der Waals surface area contributed by atoms with Crippen molar-refractivity contribution in [2.45, 2.75) is 58.5 Å². The molecule has 5 nitrogen and oxygen atoms in total. The first-order chi connectivity index (χ1) is 13.2. The van der Waals surface area contributed by atoms with E-state index >= 15 is 0 Å². The van der Waals surface area contributed by atoms with Crippen LogP contribution >= 0.6 is 11.6 Å². The molecule has 1 aromatic carbocycles. The Balaban J connectivity index is 2.12. The lowest BCUT2D eigenvalue weighted by atomic mass is 9.80. The molecule has 2 rings (SSSR count). The van der Waals surface area contributed by atoms with Crippen molar-refractivity contribution in [1.82, 2.24) is 4.90 Å². The Morgan fingerprint density at radius 3 is 2.21 bits per heavy atom. The molecule has 2 amide bonds. The smallest absolute Gasteiger partial charge is 0.226 e. The van der Waals surface area contributed by atoms with E-state index in [1.807, 2.05) is 19.1 Å². The maximum atomic E-state index is 13.3. The zero-order valence-corrected chi connectivity index (χ0v) is 17.9. The molecule has 0 aromatic heterocycles. The lowest BCUT2D eigenvalue weighted by molar-refractivity contribution is -0.146. The molecule has 2 atom stereocenters. The van der Waals surface area contributed by atoms with E-state index in [0.29, 0.717) is 49.7 Å². The van der Waals surface area contributed by atoms with Gasteiger partial charge in [0, 0.05) is 29.9 Å². The van der Waals surface area contributed by atoms with Crippen molar-refractivity contribution in [3.63, 3.8) is 0 Å². The lowest BCUT2D eigenvalue weighted by Crippen LogP contribution is -2.49. The van der Waals surface area contributed by atoms with Crippen LogP contribution in [0, 0.1) is 17.8 Å². The highest BCUT2D eigenvalue weighted by molar-refractivity contribution is 6.30. The molecule has 0 radical (unpaired) electrons. The van der Waals surface area contributed by atoms with Gasteiger partial charge in [0.2, 0.25) is 11.8 Å².